The van der Waals surface area contributed by atoms with Crippen LogP contribution in [0.5, 0.6) is 0 Å². The van der Waals surface area contributed by atoms with Crippen molar-refractivity contribution in [2.24, 2.45) is 0 Å². The van der Waals surface area contributed by atoms with Crippen LogP contribution in [0.15, 0.2) is 24.3 Å². The average molecular weight is 279 g/mol. The number of benzene rings is 1. The second-order valence-corrected chi connectivity index (χ2v) is 3.96. The number of hydrogen-bond donors (Lipinski definition) is 1. The van der Waals surface area contributed by atoms with Crippen molar-refractivity contribution in [2.75, 3.05) is 12.4 Å². The van der Waals surface area contributed by atoms with Crippen molar-refractivity contribution in [1.29, 1.82) is 0 Å². The molecule has 0 saturated heterocycles. The largest absolute Gasteiger partial charge is 0.464 e. The molecule has 0 amide bonds. The van der Waals surface area contributed by atoms with E-state index in [1.54, 1.807) is 6.92 Å². The summed E-state index contributed by atoms with van der Waals surface area (Å²) in [4.78, 5) is 19.3. The predicted octanol–water partition coefficient (Wildman–Crippen LogP) is 2.59. The molecule has 0 aliphatic carbocycles. The lowest BCUT2D eigenvalue weighted by molar-refractivity contribution is 0.0594. The molecule has 1 N–H and O–H groups in total. The fraction of sp³-hybridized carbons (Fsp3) is 0.154. The van der Waals surface area contributed by atoms with Crippen molar-refractivity contribution in [1.82, 2.24) is 9.97 Å². The number of nitrogens with one attached hydrogen (secondary N) is 1. The highest BCUT2D eigenvalue weighted by atomic mass is 19.1. The van der Waals surface area contributed by atoms with E-state index in [0.717, 1.165) is 12.1 Å². The van der Waals surface area contributed by atoms with Crippen LogP contribution in [0.3, 0.4) is 0 Å². The van der Waals surface area contributed by atoms with Crippen molar-refractivity contribution in [3.05, 3.63) is 47.3 Å². The number of nitrogens with zero attached hydrogens (tertiary/aromatic N) is 2. The molecule has 1 aromatic heterocycles. The molecule has 20 heavy (non-hydrogen) atoms. The van der Waals surface area contributed by atoms with Crippen LogP contribution in [0.2, 0.25) is 0 Å². The first kappa shape index (κ1) is 13.9. The summed E-state index contributed by atoms with van der Waals surface area (Å²) >= 11 is 0. The molecule has 104 valence electrons. The van der Waals surface area contributed by atoms with E-state index in [2.05, 4.69) is 20.0 Å². The minimum absolute atomic E-state index is 0.00724. The van der Waals surface area contributed by atoms with Crippen LogP contribution in [0.4, 0.5) is 20.4 Å². The van der Waals surface area contributed by atoms with Gasteiger partial charge in [0.2, 0.25) is 5.95 Å². The smallest absolute Gasteiger partial charge is 0.356 e. The monoisotopic (exact) mass is 279 g/mol. The van der Waals surface area contributed by atoms with Crippen LogP contribution >= 0.6 is 0 Å². The van der Waals surface area contributed by atoms with Gasteiger partial charge in [0.15, 0.2) is 5.69 Å². The number of halogens is 2. The maximum absolute atomic E-state index is 13.5. The van der Waals surface area contributed by atoms with Gasteiger partial charge in [-0.3, -0.25) is 0 Å². The number of hydrogen-bond acceptors (Lipinski definition) is 5. The second kappa shape index (κ2) is 5.60. The molecule has 2 aromatic rings. The molecule has 0 radical (unpaired) electrons. The van der Waals surface area contributed by atoms with E-state index >= 15 is 0 Å². The van der Waals surface area contributed by atoms with Gasteiger partial charge >= 0.3 is 5.97 Å². The first-order valence-corrected chi connectivity index (χ1v) is 5.65. The summed E-state index contributed by atoms with van der Waals surface area (Å²) in [5.74, 6) is -2.07. The van der Waals surface area contributed by atoms with Crippen molar-refractivity contribution >= 4 is 17.6 Å². The Hall–Kier alpha value is -2.57. The number of carbonyl (C=O) groups is 1. The highest BCUT2D eigenvalue weighted by Gasteiger charge is 2.12. The molecule has 0 aliphatic rings. The number of anilines is 2. The molecule has 2 rings (SSSR count). The fourth-order valence-electron chi connectivity index (χ4n) is 1.54. The minimum atomic E-state index is -0.783. The van der Waals surface area contributed by atoms with Gasteiger partial charge in [0, 0.05) is 11.8 Å². The molecule has 0 aliphatic heterocycles. The van der Waals surface area contributed by atoms with E-state index in [1.807, 2.05) is 0 Å². The molecule has 0 saturated carbocycles. The molecular formula is C13H11F2N3O2. The SMILES string of the molecule is COC(=O)c1cc(C)nc(Nc2ccc(F)cc2F)n1. The highest BCUT2D eigenvalue weighted by Crippen LogP contribution is 2.19. The van der Waals surface area contributed by atoms with E-state index in [9.17, 15) is 13.6 Å². The topological polar surface area (TPSA) is 64.1 Å². The third-order valence-electron chi connectivity index (χ3n) is 2.43. The lowest BCUT2D eigenvalue weighted by Crippen LogP contribution is -2.09. The number of rotatable bonds is 3. The molecule has 0 bridgehead atoms. The Labute approximate surface area is 113 Å². The van der Waals surface area contributed by atoms with Gasteiger partial charge in [-0.1, -0.05) is 0 Å². The average Bonchev–Trinajstić information content (AvgIpc) is 2.40. The summed E-state index contributed by atoms with van der Waals surface area (Å²) in [6.45, 7) is 1.65. The van der Waals surface area contributed by atoms with Crippen LogP contribution in [-0.2, 0) is 4.74 Å². The molecule has 1 heterocycles. The van der Waals surface area contributed by atoms with Crippen molar-refractivity contribution in [2.45, 2.75) is 6.92 Å². The lowest BCUT2D eigenvalue weighted by atomic mass is 10.3. The zero-order valence-corrected chi connectivity index (χ0v) is 10.8. The molecule has 5 nitrogen and oxygen atoms in total. The Balaban J connectivity index is 2.33. The van der Waals surface area contributed by atoms with E-state index in [-0.39, 0.29) is 17.3 Å². The Morgan fingerprint density at radius 2 is 2.00 bits per heavy atom. The maximum Gasteiger partial charge on any atom is 0.356 e. The van der Waals surface area contributed by atoms with E-state index in [4.69, 9.17) is 0 Å². The Morgan fingerprint density at radius 1 is 1.25 bits per heavy atom. The zero-order chi connectivity index (χ0) is 14.7. The number of ether oxygens (including phenoxy) is 1. The standard InChI is InChI=1S/C13H11F2N3O2/c1-7-5-11(12(19)20-2)18-13(16-7)17-10-4-3-8(14)6-9(10)15/h3-6H,1-2H3,(H,16,17,18). The van der Waals surface area contributed by atoms with Gasteiger partial charge in [-0.25, -0.2) is 23.5 Å². The van der Waals surface area contributed by atoms with Crippen LogP contribution < -0.4 is 5.32 Å². The van der Waals surface area contributed by atoms with Gasteiger partial charge in [0.05, 0.1) is 12.8 Å². The van der Waals surface area contributed by atoms with Crippen molar-refractivity contribution in [3.63, 3.8) is 0 Å². The number of aromatic nitrogens is 2. The Bertz CT molecular complexity index is 662. The zero-order valence-electron chi connectivity index (χ0n) is 10.8. The Morgan fingerprint density at radius 3 is 2.65 bits per heavy atom. The molecule has 1 aromatic carbocycles. The fourth-order valence-corrected chi connectivity index (χ4v) is 1.54. The summed E-state index contributed by atoms with van der Waals surface area (Å²) < 4.78 is 30.9. The number of methoxy groups -OCH3 is 1. The number of aryl methyl sites for hydroxylation is 1. The van der Waals surface area contributed by atoms with Crippen LogP contribution in [0.25, 0.3) is 0 Å². The summed E-state index contributed by atoms with van der Waals surface area (Å²) in [6.07, 6.45) is 0. The molecule has 7 heteroatoms. The summed E-state index contributed by atoms with van der Waals surface area (Å²) in [5.41, 5.74) is 0.559. The van der Waals surface area contributed by atoms with Crippen molar-refractivity contribution in [3.8, 4) is 0 Å². The van der Waals surface area contributed by atoms with Gasteiger partial charge in [-0.05, 0) is 25.1 Å². The van der Waals surface area contributed by atoms with Gasteiger partial charge < -0.3 is 10.1 Å². The van der Waals surface area contributed by atoms with Gasteiger partial charge in [-0.15, -0.1) is 0 Å². The molecule has 0 atom stereocenters. The van der Waals surface area contributed by atoms with Gasteiger partial charge in [-0.2, -0.15) is 0 Å². The first-order valence-electron chi connectivity index (χ1n) is 5.65. The molecule has 0 spiro atoms. The van der Waals surface area contributed by atoms with Crippen molar-refractivity contribution < 1.29 is 18.3 Å². The lowest BCUT2D eigenvalue weighted by Gasteiger charge is -2.08. The van der Waals surface area contributed by atoms with Gasteiger partial charge in [0.1, 0.15) is 11.6 Å². The molecular weight excluding hydrogens is 268 g/mol. The van der Waals surface area contributed by atoms with Crippen LogP contribution in [0.1, 0.15) is 16.2 Å². The Kier molecular flexibility index (Phi) is 3.88. The first-order chi connectivity index (χ1) is 9.49. The quantitative estimate of drug-likeness (QED) is 0.875. The van der Waals surface area contributed by atoms with E-state index < -0.39 is 17.6 Å². The number of esters is 1. The van der Waals surface area contributed by atoms with Crippen LogP contribution in [0, 0.1) is 18.6 Å². The highest BCUT2D eigenvalue weighted by molar-refractivity contribution is 5.87. The molecule has 0 fully saturated rings. The second-order valence-electron chi connectivity index (χ2n) is 3.96. The van der Waals surface area contributed by atoms with Gasteiger partial charge in [0.25, 0.3) is 0 Å². The minimum Gasteiger partial charge on any atom is -0.464 e. The summed E-state index contributed by atoms with van der Waals surface area (Å²) in [7, 11) is 1.23. The number of carbonyl (C=O) groups excluding carboxylic acids is 1. The predicted molar refractivity (Wildman–Crippen MR) is 67.7 cm³/mol. The normalized spacial score (nSPS) is 10.2. The van der Waals surface area contributed by atoms with E-state index in [0.29, 0.717) is 5.69 Å². The van der Waals surface area contributed by atoms with E-state index in [1.165, 1.54) is 19.2 Å². The molecule has 0 unspecified atom stereocenters. The third-order valence-corrected chi connectivity index (χ3v) is 2.43. The third kappa shape index (κ3) is 3.05. The maximum atomic E-state index is 13.5. The summed E-state index contributed by atoms with van der Waals surface area (Å²) in [5, 5.41) is 2.59. The van der Waals surface area contributed by atoms with Crippen LogP contribution in [-0.4, -0.2) is 23.0 Å². The summed E-state index contributed by atoms with van der Waals surface area (Å²) in [6, 6.07) is 4.49.